The van der Waals surface area contributed by atoms with Gasteiger partial charge in [0, 0.05) is 35.6 Å². The van der Waals surface area contributed by atoms with Crippen LogP contribution in [0.2, 0.25) is 137 Å². The lowest BCUT2D eigenvalue weighted by Gasteiger charge is -2.39. The van der Waals surface area contributed by atoms with Crippen molar-refractivity contribution < 1.29 is 70.7 Å². The largest absolute Gasteiger partial charge is 0.508 e. The summed E-state index contributed by atoms with van der Waals surface area (Å²) in [6.07, 6.45) is -8.73. The predicted molar refractivity (Wildman–Crippen MR) is 637 cm³/mol. The summed E-state index contributed by atoms with van der Waals surface area (Å²) in [5.74, 6) is 13.2. The highest BCUT2D eigenvalue weighted by molar-refractivity contribution is 14.1. The normalized spacial score (nSPS) is 11.4. The molecule has 0 aliphatic carbocycles. The Hall–Kier alpha value is -6.16. The van der Waals surface area contributed by atoms with E-state index in [-0.39, 0.29) is 17.3 Å². The van der Waals surface area contributed by atoms with Gasteiger partial charge in [0.25, 0.3) is 0 Å². The predicted octanol–water partition coefficient (Wildman–Crippen LogP) is 34.0. The summed E-state index contributed by atoms with van der Waals surface area (Å²) in [6, 6.07) is 64.6. The first kappa shape index (κ1) is 131. The molecule has 0 atom stereocenters. The van der Waals surface area contributed by atoms with Crippen molar-refractivity contribution in [2.24, 2.45) is 0 Å². The molecule has 0 aliphatic heterocycles. The van der Waals surface area contributed by atoms with Crippen LogP contribution in [-0.4, -0.2) is 90.9 Å². The van der Waals surface area contributed by atoms with Crippen LogP contribution in [0.1, 0.15) is 90.4 Å². The number of benzene rings is 11. The molecule has 0 heterocycles. The minimum absolute atomic E-state index is 0.0439. The number of hydrogen-bond donors (Lipinski definition) is 3. The van der Waals surface area contributed by atoms with E-state index < -0.39 is 99.1 Å². The monoisotopic (exact) mass is 2610 g/mol. The van der Waals surface area contributed by atoms with Crippen molar-refractivity contribution in [2.75, 3.05) is 0 Å². The number of phenolic OH excluding ortho intramolecular Hbond substituents is 3. The van der Waals surface area contributed by atoms with Gasteiger partial charge in [0.05, 0.1) is 22.8 Å². The molecule has 0 aromatic heterocycles. The molecule has 0 radical (unpaired) electrons. The Kier molecular flexibility index (Phi) is 54.4. The first-order chi connectivity index (χ1) is 64.3. The number of hydrogen-bond acceptors (Lipinski definition) is 10. The second-order valence-corrected chi connectivity index (χ2v) is 84.0. The molecule has 0 unspecified atom stereocenters. The van der Waals surface area contributed by atoms with Crippen molar-refractivity contribution in [1.82, 2.24) is 0 Å². The maximum Gasteiger partial charge on any atom is 0.416 e. The highest BCUT2D eigenvalue weighted by Gasteiger charge is 2.46. The quantitative estimate of drug-likeness (QED) is 0.0349. The number of alkyl halides is 6. The maximum atomic E-state index is 13.2. The molecule has 11 aromatic carbocycles. The average Bonchev–Trinajstić information content (AvgIpc) is 0.893. The molecule has 141 heavy (non-hydrogen) atoms. The molecule has 11 rings (SSSR count). The van der Waals surface area contributed by atoms with Crippen LogP contribution in [0.3, 0.4) is 0 Å². The SMILES string of the molecule is CC#CC#CC#CBr.Cc1cc(-c2cccc(C(F)(F)F)c2)cc([Si](C)(O[Si](C)(C)C)O[Si](C)(C)C)c1.Cc1cc(Br)cc(C#N)c1.Cc1cc(C)cc(Br)c1.Cc1cc(C)cc(I)c1.Cc1cc(C)cc([Si](C)(O[Si](C)(C)C)O[Si](C)(C)C)c1.Cc1cc(F)cc(I)c1.Cc1cc(O)cc(-c2cccc(C(F)(F)F)c2)c1.Cc1cc(O)cc(I)c1.Cc1cc(O)cc([Si](C)(O[Si](C)(C)C)O[Si](C)(C)C)c1. The highest BCUT2D eigenvalue weighted by atomic mass is 127. The van der Waals surface area contributed by atoms with Crippen molar-refractivity contribution in [1.29, 1.82) is 5.26 Å². The van der Waals surface area contributed by atoms with E-state index in [4.69, 9.17) is 35.1 Å². The standard InChI is InChI=1S/C21H31F3O2Si3.C15H30O2Si3.C14H11F3O.C14H28O3Si3.C8H6BrN.C8H9Br.C8H9I.C7H3Br.C7H6FI.C7H7IO/c1-16-12-18(17-10-9-11-19(14-17)21(22,23)24)15-20(13-16)29(8,25-27(2,3)4)26-28(5,6)7;1-13-10-14(2)12-15(11-13)20(9,16-18(3,4)5)17-19(6,7)8;1-9-5-11(8-13(18)6-9)10-3-2-4-12(7-10)14(15,16)17;1-12-9-13(15)11-14(10-12)20(8,16-18(2,3)4)17-19(5,6)7;1-6-2-7(5-10)4-8(9)3-6;2*1-6-3-7(2)5-8(9)4-6;1-2-3-4-5-6-7-8;2*1-5-2-6(8)4-7(9)3-5/h9-15H,1-8H3;10-12H,1-9H3;2-8,18H,1H3;9-11,15H,1-8H3;2-4H,1H3;2*3-5H,1-2H3;1H3;2-4H,1H3;2-4,9H,1H3. The van der Waals surface area contributed by atoms with Gasteiger partial charge in [-0.2, -0.15) is 31.6 Å². The van der Waals surface area contributed by atoms with Crippen molar-refractivity contribution in [3.05, 3.63) is 321 Å². The molecule has 0 saturated carbocycles. The number of rotatable bonds is 17. The lowest BCUT2D eigenvalue weighted by atomic mass is 10.0. The van der Waals surface area contributed by atoms with Gasteiger partial charge in [0.15, 0.2) is 49.9 Å². The Morgan fingerprint density at radius 1 is 0.298 bits per heavy atom. The summed E-state index contributed by atoms with van der Waals surface area (Å²) in [7, 11) is -18.2. The van der Waals surface area contributed by atoms with Crippen LogP contribution in [0.5, 0.6) is 17.2 Å². The van der Waals surface area contributed by atoms with Crippen LogP contribution in [0.4, 0.5) is 30.7 Å². The molecule has 32 heteroatoms. The van der Waals surface area contributed by atoms with Crippen LogP contribution >= 0.6 is 116 Å². The van der Waals surface area contributed by atoms with Crippen molar-refractivity contribution in [3.63, 3.8) is 0 Å². The lowest BCUT2D eigenvalue weighted by molar-refractivity contribution is -0.138. The summed E-state index contributed by atoms with van der Waals surface area (Å²) in [4.78, 5) is 2.45. The fourth-order valence-electron chi connectivity index (χ4n) is 14.3. The van der Waals surface area contributed by atoms with Gasteiger partial charge in [-0.25, -0.2) is 4.39 Å². The number of phenols is 3. The second kappa shape index (κ2) is 58.6. The Morgan fingerprint density at radius 2 is 0.567 bits per heavy atom. The topological polar surface area (TPSA) is 140 Å². The first-order valence-corrected chi connectivity index (χ1v) is 78.3. The number of nitriles is 1. The van der Waals surface area contributed by atoms with Gasteiger partial charge < -0.3 is 40.0 Å². The van der Waals surface area contributed by atoms with Gasteiger partial charge >= 0.3 is 38.0 Å². The summed E-state index contributed by atoms with van der Waals surface area (Å²) in [6.45, 7) is 71.7. The highest BCUT2D eigenvalue weighted by Crippen LogP contribution is 2.37. The summed E-state index contributed by atoms with van der Waals surface area (Å²) >= 11 is 16.2. The zero-order valence-electron chi connectivity index (χ0n) is 87.9. The van der Waals surface area contributed by atoms with Gasteiger partial charge in [-0.1, -0.05) is 139 Å². The van der Waals surface area contributed by atoms with E-state index in [1.165, 1.54) is 83.0 Å². The molecular weight excluding hydrogens is 2470 g/mol. The second-order valence-electron chi connectivity index (χ2n) is 40.4. The number of halogens is 13. The van der Waals surface area contributed by atoms with Crippen molar-refractivity contribution in [3.8, 4) is 80.0 Å². The average molecular weight is 2610 g/mol. The van der Waals surface area contributed by atoms with E-state index in [0.717, 1.165) is 79.1 Å². The Morgan fingerprint density at radius 3 is 0.858 bits per heavy atom. The molecule has 0 spiro atoms. The van der Waals surface area contributed by atoms with E-state index in [9.17, 15) is 40.9 Å². The molecule has 0 amide bonds. The van der Waals surface area contributed by atoms with Crippen molar-refractivity contribution >= 4 is 207 Å². The van der Waals surface area contributed by atoms with E-state index >= 15 is 0 Å². The fraction of sp³-hybridized carbons (Fsp3) is 0.330. The first-order valence-electron chi connectivity index (χ1n) is 45.3. The Bertz CT molecular complexity index is 5550. The third-order valence-corrected chi connectivity index (χ3v) is 49.0. The number of aromatic hydroxyl groups is 3. The number of nitrogens with zero attached hydrogens (tertiary/aromatic N) is 1. The zero-order chi connectivity index (χ0) is 108. The van der Waals surface area contributed by atoms with Crippen LogP contribution < -0.4 is 15.6 Å². The van der Waals surface area contributed by atoms with E-state index in [1.807, 2.05) is 71.0 Å². The lowest BCUT2D eigenvalue weighted by Crippen LogP contribution is -2.60. The molecule has 10 nitrogen and oxygen atoms in total. The molecule has 762 valence electrons. The third-order valence-electron chi connectivity index (χ3n) is 18.0. The molecule has 0 aliphatic rings. The van der Waals surface area contributed by atoms with Gasteiger partial charge in [-0.3, -0.25) is 0 Å². The maximum absolute atomic E-state index is 13.2. The van der Waals surface area contributed by atoms with E-state index in [1.54, 1.807) is 68.4 Å². The molecule has 0 fully saturated rings. The minimum atomic E-state index is -4.37. The van der Waals surface area contributed by atoms with Gasteiger partial charge in [-0.15, -0.1) is 0 Å². The van der Waals surface area contributed by atoms with E-state index in [0.29, 0.717) is 28.0 Å². The minimum Gasteiger partial charge on any atom is -0.508 e. The van der Waals surface area contributed by atoms with Gasteiger partial charge in [0.2, 0.25) is 0 Å². The summed E-state index contributed by atoms with van der Waals surface area (Å²) in [5, 5.41) is 40.1. The van der Waals surface area contributed by atoms with Gasteiger partial charge in [0.1, 0.15) is 23.1 Å². The molecule has 3 N–H and O–H groups in total. The molecule has 0 bridgehead atoms. The van der Waals surface area contributed by atoms with Gasteiger partial charge in [-0.05, 0) is 539 Å². The fourth-order valence-corrected chi connectivity index (χ4v) is 53.6. The Labute approximate surface area is 914 Å². The zero-order valence-corrected chi connectivity index (χ0v) is 108. The van der Waals surface area contributed by atoms with Crippen LogP contribution in [0, 0.1) is 145 Å². The summed E-state index contributed by atoms with van der Waals surface area (Å²) < 4.78 is 135. The molecular formula is C109H140Br3F7I3NO9Si9. The molecule has 0 saturated heterocycles. The van der Waals surface area contributed by atoms with Crippen LogP contribution in [-0.2, 0) is 37.0 Å². The van der Waals surface area contributed by atoms with Crippen molar-refractivity contribution in [2.45, 2.75) is 240 Å². The Balaban J connectivity index is 0.000000547. The smallest absolute Gasteiger partial charge is 0.416 e. The van der Waals surface area contributed by atoms with E-state index in [2.05, 4.69) is 402 Å². The van der Waals surface area contributed by atoms with Crippen LogP contribution in [0.25, 0.3) is 22.3 Å². The molecule has 11 aromatic rings. The summed E-state index contributed by atoms with van der Waals surface area (Å²) in [5.41, 5.74) is 15.5. The van der Waals surface area contributed by atoms with Crippen LogP contribution in [0.15, 0.2) is 221 Å². The third kappa shape index (κ3) is 56.5. The number of aryl methyl sites for hydroxylation is 12.